The number of fused-ring (bicyclic) bond motifs is 1. The van der Waals surface area contributed by atoms with Crippen molar-refractivity contribution in [2.45, 2.75) is 96.6 Å². The van der Waals surface area contributed by atoms with E-state index in [-0.39, 0.29) is 24.0 Å². The lowest BCUT2D eigenvalue weighted by molar-refractivity contribution is -0.125. The first kappa shape index (κ1) is 29.9. The second-order valence-corrected chi connectivity index (χ2v) is 14.2. The van der Waals surface area contributed by atoms with Gasteiger partial charge in [-0.15, -0.1) is 0 Å². The van der Waals surface area contributed by atoms with E-state index in [1.807, 2.05) is 45.3 Å². The SMILES string of the molecule is CC1CN(C(=O)OC(C)(C)C)CCN1C1CC(C(=O)Nc2nc3ccc(-c4cnc(COC5CCCC5)nc4)cc3s2)C1. The number of thiazole rings is 1. The quantitative estimate of drug-likeness (QED) is 0.356. The summed E-state index contributed by atoms with van der Waals surface area (Å²) < 4.78 is 12.5. The van der Waals surface area contributed by atoms with Crippen molar-refractivity contribution in [1.82, 2.24) is 24.8 Å². The van der Waals surface area contributed by atoms with E-state index in [1.165, 1.54) is 24.2 Å². The van der Waals surface area contributed by atoms with Crippen LogP contribution >= 0.6 is 11.3 Å². The number of nitrogens with zero attached hydrogens (tertiary/aromatic N) is 5. The highest BCUT2D eigenvalue weighted by Crippen LogP contribution is 2.36. The number of nitrogens with one attached hydrogen (secondary N) is 1. The van der Waals surface area contributed by atoms with Gasteiger partial charge in [0.15, 0.2) is 11.0 Å². The van der Waals surface area contributed by atoms with Gasteiger partial charge in [0, 0.05) is 55.6 Å². The fourth-order valence-electron chi connectivity index (χ4n) is 6.27. The standard InChI is InChI=1S/C32H42N6O4S/c1-20-18-37(31(40)42-32(2,3)4)11-12-38(20)24-13-22(14-24)29(39)36-30-35-26-10-9-21(15-27(26)43-30)23-16-33-28(34-17-23)19-41-25-7-5-6-8-25/h9-10,15-17,20,22,24-25H,5-8,11-14,18-19H2,1-4H3,(H,35,36,39). The van der Waals surface area contributed by atoms with Gasteiger partial charge in [0.2, 0.25) is 5.91 Å². The zero-order chi connectivity index (χ0) is 30.1. The average molecular weight is 607 g/mol. The Morgan fingerprint density at radius 2 is 1.81 bits per heavy atom. The fourth-order valence-corrected chi connectivity index (χ4v) is 7.18. The molecule has 3 aliphatic rings. The van der Waals surface area contributed by atoms with Crippen molar-refractivity contribution < 1.29 is 19.1 Å². The Balaban J connectivity index is 0.992. The Labute approximate surface area is 257 Å². The number of carbonyl (C=O) groups is 2. The second kappa shape index (κ2) is 12.5. The number of benzene rings is 1. The molecule has 43 heavy (non-hydrogen) atoms. The summed E-state index contributed by atoms with van der Waals surface area (Å²) in [7, 11) is 0. The smallest absolute Gasteiger partial charge is 0.410 e. The third-order valence-corrected chi connectivity index (χ3v) is 9.62. The molecule has 10 nitrogen and oxygen atoms in total. The van der Waals surface area contributed by atoms with Crippen molar-refractivity contribution in [3.8, 4) is 11.1 Å². The summed E-state index contributed by atoms with van der Waals surface area (Å²) >= 11 is 1.48. The molecule has 0 spiro atoms. The van der Waals surface area contributed by atoms with Crippen LogP contribution in [0.15, 0.2) is 30.6 Å². The minimum atomic E-state index is -0.497. The van der Waals surface area contributed by atoms with E-state index >= 15 is 0 Å². The molecule has 2 amide bonds. The zero-order valence-corrected chi connectivity index (χ0v) is 26.4. The van der Waals surface area contributed by atoms with E-state index in [2.05, 4.69) is 38.2 Å². The molecular formula is C32H42N6O4S. The monoisotopic (exact) mass is 606 g/mol. The van der Waals surface area contributed by atoms with Crippen molar-refractivity contribution >= 4 is 38.7 Å². The molecule has 2 saturated carbocycles. The predicted molar refractivity (Wildman–Crippen MR) is 167 cm³/mol. The zero-order valence-electron chi connectivity index (χ0n) is 25.5. The molecule has 6 rings (SSSR count). The number of amides is 2. The number of hydrogen-bond acceptors (Lipinski definition) is 9. The maximum Gasteiger partial charge on any atom is 0.410 e. The Morgan fingerprint density at radius 1 is 1.07 bits per heavy atom. The highest BCUT2D eigenvalue weighted by molar-refractivity contribution is 7.22. The summed E-state index contributed by atoms with van der Waals surface area (Å²) in [6.07, 6.45) is 10.2. The molecule has 0 bridgehead atoms. The normalized spacial score (nSPS) is 23.3. The third kappa shape index (κ3) is 7.16. The molecule has 1 aromatic carbocycles. The number of aromatic nitrogens is 3. The van der Waals surface area contributed by atoms with Gasteiger partial charge in [-0.05, 0) is 71.1 Å². The maximum atomic E-state index is 13.1. The molecule has 3 heterocycles. The lowest BCUT2D eigenvalue weighted by Crippen LogP contribution is -2.60. The molecule has 3 aromatic rings. The molecular weight excluding hydrogens is 564 g/mol. The van der Waals surface area contributed by atoms with Gasteiger partial charge < -0.3 is 19.7 Å². The van der Waals surface area contributed by atoms with Crippen molar-refractivity contribution in [3.63, 3.8) is 0 Å². The van der Waals surface area contributed by atoms with Gasteiger partial charge in [-0.1, -0.05) is 30.2 Å². The molecule has 1 aliphatic heterocycles. The number of rotatable bonds is 7. The first-order valence-corrected chi connectivity index (χ1v) is 16.3. The summed E-state index contributed by atoms with van der Waals surface area (Å²) in [6.45, 7) is 10.3. The first-order valence-electron chi connectivity index (χ1n) is 15.5. The van der Waals surface area contributed by atoms with Gasteiger partial charge >= 0.3 is 6.09 Å². The van der Waals surface area contributed by atoms with Gasteiger partial charge in [0.1, 0.15) is 12.2 Å². The third-order valence-electron chi connectivity index (χ3n) is 8.69. The molecule has 3 fully saturated rings. The minimum Gasteiger partial charge on any atom is -0.444 e. The Hall–Kier alpha value is -3.15. The summed E-state index contributed by atoms with van der Waals surface area (Å²) in [5.74, 6) is 0.701. The average Bonchev–Trinajstić information content (AvgIpc) is 3.60. The van der Waals surface area contributed by atoms with E-state index in [9.17, 15) is 9.59 Å². The Morgan fingerprint density at radius 3 is 2.51 bits per heavy atom. The number of carbonyl (C=O) groups excluding carboxylic acids is 2. The molecule has 1 atom stereocenters. The van der Waals surface area contributed by atoms with Crippen LogP contribution in [-0.2, 0) is 20.9 Å². The van der Waals surface area contributed by atoms with Gasteiger partial charge in [0.25, 0.3) is 0 Å². The molecule has 1 N–H and O–H groups in total. The van der Waals surface area contributed by atoms with Crippen molar-refractivity contribution in [2.75, 3.05) is 25.0 Å². The number of hydrogen-bond donors (Lipinski definition) is 1. The minimum absolute atomic E-state index is 0.0272. The first-order chi connectivity index (χ1) is 20.6. The van der Waals surface area contributed by atoms with E-state index in [1.54, 1.807) is 4.90 Å². The fraction of sp³-hybridized carbons (Fsp3) is 0.594. The second-order valence-electron chi connectivity index (χ2n) is 13.1. The summed E-state index contributed by atoms with van der Waals surface area (Å²) in [4.78, 5) is 43.4. The molecule has 11 heteroatoms. The molecule has 1 unspecified atom stereocenters. The lowest BCUT2D eigenvalue weighted by Gasteiger charge is -2.49. The highest BCUT2D eigenvalue weighted by Gasteiger charge is 2.42. The van der Waals surface area contributed by atoms with Crippen molar-refractivity contribution in [3.05, 3.63) is 36.4 Å². The highest BCUT2D eigenvalue weighted by atomic mass is 32.1. The Kier molecular flexibility index (Phi) is 8.66. The number of piperazine rings is 1. The molecule has 2 aromatic heterocycles. The predicted octanol–water partition coefficient (Wildman–Crippen LogP) is 5.87. The largest absolute Gasteiger partial charge is 0.444 e. The topological polar surface area (TPSA) is 110 Å². The van der Waals surface area contributed by atoms with Crippen LogP contribution in [0.4, 0.5) is 9.93 Å². The van der Waals surface area contributed by atoms with Crippen molar-refractivity contribution in [2.24, 2.45) is 5.92 Å². The van der Waals surface area contributed by atoms with Crippen LogP contribution in [0, 0.1) is 5.92 Å². The molecule has 0 radical (unpaired) electrons. The lowest BCUT2D eigenvalue weighted by atomic mass is 9.78. The van der Waals surface area contributed by atoms with Crippen LogP contribution < -0.4 is 5.32 Å². The number of ether oxygens (including phenoxy) is 2. The van der Waals surface area contributed by atoms with Crippen LogP contribution in [0.5, 0.6) is 0 Å². The Bertz CT molecular complexity index is 1440. The molecule has 2 aliphatic carbocycles. The van der Waals surface area contributed by atoms with Crippen LogP contribution in [0.3, 0.4) is 0 Å². The van der Waals surface area contributed by atoms with Gasteiger partial charge in [-0.2, -0.15) is 0 Å². The van der Waals surface area contributed by atoms with E-state index in [0.29, 0.717) is 42.8 Å². The van der Waals surface area contributed by atoms with Gasteiger partial charge in [-0.25, -0.2) is 19.7 Å². The summed E-state index contributed by atoms with van der Waals surface area (Å²) in [6, 6.07) is 6.65. The summed E-state index contributed by atoms with van der Waals surface area (Å²) in [5, 5.41) is 3.68. The van der Waals surface area contributed by atoms with Crippen LogP contribution in [0.25, 0.3) is 21.3 Å². The van der Waals surface area contributed by atoms with Crippen LogP contribution in [0.2, 0.25) is 0 Å². The van der Waals surface area contributed by atoms with Crippen LogP contribution in [0.1, 0.15) is 72.0 Å². The van der Waals surface area contributed by atoms with E-state index < -0.39 is 5.60 Å². The maximum absolute atomic E-state index is 13.1. The van der Waals surface area contributed by atoms with E-state index in [4.69, 9.17) is 9.47 Å². The number of anilines is 1. The van der Waals surface area contributed by atoms with Gasteiger partial charge in [-0.3, -0.25) is 9.69 Å². The molecule has 1 saturated heterocycles. The summed E-state index contributed by atoms with van der Waals surface area (Å²) in [5.41, 5.74) is 2.31. The molecule has 230 valence electrons. The van der Waals surface area contributed by atoms with E-state index in [0.717, 1.165) is 53.6 Å². The van der Waals surface area contributed by atoms with Crippen LogP contribution in [-0.4, -0.2) is 80.2 Å². The van der Waals surface area contributed by atoms with Gasteiger partial charge in [0.05, 0.1) is 16.3 Å². The van der Waals surface area contributed by atoms with Crippen molar-refractivity contribution in [1.29, 1.82) is 0 Å².